The minimum Gasteiger partial charge on any atom is -0.396 e. The van der Waals surface area contributed by atoms with Crippen LogP contribution in [0.4, 0.5) is 0 Å². The third-order valence-electron chi connectivity index (χ3n) is 3.47. The van der Waals surface area contributed by atoms with Crippen molar-refractivity contribution in [2.24, 2.45) is 11.7 Å². The number of nitrogens with two attached hydrogens (primary N) is 1. The maximum absolute atomic E-state index is 12.2. The molecule has 1 aromatic rings. The van der Waals surface area contributed by atoms with Crippen LogP contribution in [0.15, 0.2) is 24.3 Å². The molecular formula is C14H20N2O2. The number of amides is 1. The third-order valence-corrected chi connectivity index (χ3v) is 3.47. The van der Waals surface area contributed by atoms with Crippen LogP contribution in [-0.2, 0) is 6.42 Å². The van der Waals surface area contributed by atoms with E-state index in [1.54, 1.807) is 0 Å². The molecule has 0 bridgehead atoms. The molecule has 1 aliphatic heterocycles. The van der Waals surface area contributed by atoms with E-state index >= 15 is 0 Å². The standard InChI is InChI=1S/C14H20N2O2/c15-7-5-11-1-3-13(4-2-11)14(18)16-8-6-12(9-16)10-17/h1-4,12,17H,5-10,15H2. The van der Waals surface area contributed by atoms with Crippen molar-refractivity contribution in [1.29, 1.82) is 0 Å². The summed E-state index contributed by atoms with van der Waals surface area (Å²) in [6, 6.07) is 7.64. The Hall–Kier alpha value is -1.39. The fraction of sp³-hybridized carbons (Fsp3) is 0.500. The zero-order chi connectivity index (χ0) is 13.0. The fourth-order valence-corrected chi connectivity index (χ4v) is 2.33. The highest BCUT2D eigenvalue weighted by atomic mass is 16.3. The Labute approximate surface area is 107 Å². The molecule has 1 saturated heterocycles. The highest BCUT2D eigenvalue weighted by Gasteiger charge is 2.26. The predicted octanol–water partition coefficient (Wildman–Crippen LogP) is 0.642. The molecule has 2 rings (SSSR count). The van der Waals surface area contributed by atoms with Gasteiger partial charge in [0.2, 0.25) is 0 Å². The van der Waals surface area contributed by atoms with Gasteiger partial charge in [-0.2, -0.15) is 0 Å². The van der Waals surface area contributed by atoms with E-state index in [-0.39, 0.29) is 18.4 Å². The predicted molar refractivity (Wildman–Crippen MR) is 70.3 cm³/mol. The molecule has 1 aromatic carbocycles. The molecule has 1 unspecified atom stereocenters. The Morgan fingerprint density at radius 2 is 2.11 bits per heavy atom. The molecule has 18 heavy (non-hydrogen) atoms. The Kier molecular flexibility index (Phi) is 4.33. The molecule has 4 nitrogen and oxygen atoms in total. The average Bonchev–Trinajstić information content (AvgIpc) is 2.88. The molecule has 0 saturated carbocycles. The van der Waals surface area contributed by atoms with Crippen molar-refractivity contribution in [2.45, 2.75) is 12.8 Å². The lowest BCUT2D eigenvalue weighted by Crippen LogP contribution is -2.29. The smallest absolute Gasteiger partial charge is 0.253 e. The van der Waals surface area contributed by atoms with Gasteiger partial charge in [-0.05, 0) is 37.1 Å². The molecule has 0 spiro atoms. The van der Waals surface area contributed by atoms with E-state index in [0.717, 1.165) is 30.5 Å². The summed E-state index contributed by atoms with van der Waals surface area (Å²) < 4.78 is 0. The lowest BCUT2D eigenvalue weighted by atomic mass is 10.1. The molecule has 4 heteroatoms. The number of benzene rings is 1. The molecule has 1 atom stereocenters. The normalized spacial score (nSPS) is 19.2. The number of hydrogen-bond acceptors (Lipinski definition) is 3. The van der Waals surface area contributed by atoms with Crippen molar-refractivity contribution in [1.82, 2.24) is 4.90 Å². The van der Waals surface area contributed by atoms with Crippen LogP contribution in [0.2, 0.25) is 0 Å². The first kappa shape index (κ1) is 13.1. The van der Waals surface area contributed by atoms with E-state index in [0.29, 0.717) is 13.1 Å². The molecule has 0 aromatic heterocycles. The summed E-state index contributed by atoms with van der Waals surface area (Å²) in [5, 5.41) is 9.08. The maximum Gasteiger partial charge on any atom is 0.253 e. The Balaban J connectivity index is 2.00. The van der Waals surface area contributed by atoms with Gasteiger partial charge in [-0.3, -0.25) is 4.79 Å². The van der Waals surface area contributed by atoms with Crippen LogP contribution < -0.4 is 5.73 Å². The van der Waals surface area contributed by atoms with E-state index < -0.39 is 0 Å². The van der Waals surface area contributed by atoms with Crippen LogP contribution in [0, 0.1) is 5.92 Å². The molecule has 0 aliphatic carbocycles. The molecule has 1 aliphatic rings. The fourth-order valence-electron chi connectivity index (χ4n) is 2.33. The van der Waals surface area contributed by atoms with Crippen molar-refractivity contribution >= 4 is 5.91 Å². The SMILES string of the molecule is NCCc1ccc(C(=O)N2CCC(CO)C2)cc1. The number of carbonyl (C=O) groups excluding carboxylic acids is 1. The van der Waals surface area contributed by atoms with Crippen molar-refractivity contribution in [3.05, 3.63) is 35.4 Å². The number of carbonyl (C=O) groups is 1. The second kappa shape index (κ2) is 5.98. The topological polar surface area (TPSA) is 66.6 Å². The zero-order valence-electron chi connectivity index (χ0n) is 10.5. The highest BCUT2D eigenvalue weighted by molar-refractivity contribution is 5.94. The van der Waals surface area contributed by atoms with E-state index in [2.05, 4.69) is 0 Å². The third kappa shape index (κ3) is 2.89. The summed E-state index contributed by atoms with van der Waals surface area (Å²) >= 11 is 0. The summed E-state index contributed by atoms with van der Waals surface area (Å²) in [6.07, 6.45) is 1.73. The van der Waals surface area contributed by atoms with Crippen LogP contribution in [0.5, 0.6) is 0 Å². The summed E-state index contributed by atoms with van der Waals surface area (Å²) in [6.45, 7) is 2.20. The summed E-state index contributed by atoms with van der Waals surface area (Å²) in [4.78, 5) is 14.0. The second-order valence-corrected chi connectivity index (χ2v) is 4.82. The summed E-state index contributed by atoms with van der Waals surface area (Å²) in [5.41, 5.74) is 7.36. The lowest BCUT2D eigenvalue weighted by molar-refractivity contribution is 0.0782. The van der Waals surface area contributed by atoms with Crippen LogP contribution in [0.25, 0.3) is 0 Å². The molecule has 1 amide bonds. The van der Waals surface area contributed by atoms with Crippen molar-refractivity contribution < 1.29 is 9.90 Å². The van der Waals surface area contributed by atoms with Gasteiger partial charge in [-0.15, -0.1) is 0 Å². The molecule has 1 fully saturated rings. The number of hydrogen-bond donors (Lipinski definition) is 2. The molecule has 1 heterocycles. The van der Waals surface area contributed by atoms with Crippen molar-refractivity contribution in [3.8, 4) is 0 Å². The molecule has 98 valence electrons. The summed E-state index contributed by atoms with van der Waals surface area (Å²) in [5.74, 6) is 0.302. The van der Waals surface area contributed by atoms with Crippen molar-refractivity contribution in [3.63, 3.8) is 0 Å². The van der Waals surface area contributed by atoms with Gasteiger partial charge in [0, 0.05) is 31.2 Å². The van der Waals surface area contributed by atoms with Gasteiger partial charge in [0.25, 0.3) is 5.91 Å². The molecule has 0 radical (unpaired) electrons. The van der Waals surface area contributed by atoms with Gasteiger partial charge < -0.3 is 15.7 Å². The van der Waals surface area contributed by atoms with Crippen molar-refractivity contribution in [2.75, 3.05) is 26.2 Å². The largest absolute Gasteiger partial charge is 0.396 e. The molecular weight excluding hydrogens is 228 g/mol. The quantitative estimate of drug-likeness (QED) is 0.822. The number of aliphatic hydroxyl groups is 1. The van der Waals surface area contributed by atoms with Crippen LogP contribution in [0.3, 0.4) is 0 Å². The number of nitrogens with zero attached hydrogens (tertiary/aromatic N) is 1. The van der Waals surface area contributed by atoms with Gasteiger partial charge in [0.05, 0.1) is 0 Å². The first-order valence-corrected chi connectivity index (χ1v) is 6.43. The zero-order valence-corrected chi connectivity index (χ0v) is 10.5. The summed E-state index contributed by atoms with van der Waals surface area (Å²) in [7, 11) is 0. The van der Waals surface area contributed by atoms with Gasteiger partial charge in [0.1, 0.15) is 0 Å². The second-order valence-electron chi connectivity index (χ2n) is 4.82. The minimum atomic E-state index is 0.0604. The minimum absolute atomic E-state index is 0.0604. The van der Waals surface area contributed by atoms with E-state index in [4.69, 9.17) is 10.8 Å². The number of likely N-dealkylation sites (tertiary alicyclic amines) is 1. The Morgan fingerprint density at radius 3 is 2.67 bits per heavy atom. The molecule has 3 N–H and O–H groups in total. The van der Waals surface area contributed by atoms with Gasteiger partial charge in [0.15, 0.2) is 0 Å². The maximum atomic E-state index is 12.2. The van der Waals surface area contributed by atoms with Crippen LogP contribution in [0.1, 0.15) is 22.3 Å². The average molecular weight is 248 g/mol. The Bertz CT molecular complexity index is 403. The number of rotatable bonds is 4. The van der Waals surface area contributed by atoms with E-state index in [1.807, 2.05) is 29.2 Å². The lowest BCUT2D eigenvalue weighted by Gasteiger charge is -2.16. The van der Waals surface area contributed by atoms with E-state index in [9.17, 15) is 4.79 Å². The Morgan fingerprint density at radius 1 is 1.39 bits per heavy atom. The van der Waals surface area contributed by atoms with Gasteiger partial charge in [-0.1, -0.05) is 12.1 Å². The van der Waals surface area contributed by atoms with Crippen LogP contribution >= 0.6 is 0 Å². The first-order valence-electron chi connectivity index (χ1n) is 6.43. The first-order chi connectivity index (χ1) is 8.74. The number of aliphatic hydroxyl groups excluding tert-OH is 1. The monoisotopic (exact) mass is 248 g/mol. The van der Waals surface area contributed by atoms with Crippen LogP contribution in [-0.4, -0.2) is 42.2 Å². The van der Waals surface area contributed by atoms with E-state index in [1.165, 1.54) is 0 Å². The van der Waals surface area contributed by atoms with Gasteiger partial charge >= 0.3 is 0 Å². The highest BCUT2D eigenvalue weighted by Crippen LogP contribution is 2.18. The van der Waals surface area contributed by atoms with Gasteiger partial charge in [-0.25, -0.2) is 0 Å².